The molecule has 5 unspecified atom stereocenters. The van der Waals surface area contributed by atoms with E-state index < -0.39 is 37.8 Å². The molecule has 550 valence electrons. The number of methoxy groups -OCH3 is 6. The van der Waals surface area contributed by atoms with Gasteiger partial charge in [0.05, 0.1) is 81.1 Å². The van der Waals surface area contributed by atoms with Gasteiger partial charge in [0.25, 0.3) is 17.1 Å². The molecule has 104 heavy (non-hydrogen) atoms. The maximum Gasteiger partial charge on any atom is 0.310 e. The van der Waals surface area contributed by atoms with E-state index in [0.717, 1.165) is 89.6 Å². The molecule has 3 aliphatic heterocycles. The lowest BCUT2D eigenvalue weighted by atomic mass is 9.95. The van der Waals surface area contributed by atoms with E-state index in [0.29, 0.717) is 66.2 Å². The molecule has 11 rings (SSSR count). The molecule has 0 radical (unpaired) electrons. The van der Waals surface area contributed by atoms with Crippen molar-refractivity contribution >= 4 is 63.1 Å². The number of benzene rings is 8. The molecule has 5 atom stereocenters. The van der Waals surface area contributed by atoms with Gasteiger partial charge in [-0.25, -0.2) is 0 Å². The van der Waals surface area contributed by atoms with Crippen molar-refractivity contribution in [3.63, 3.8) is 0 Å². The highest BCUT2D eigenvalue weighted by Gasteiger charge is 2.30. The van der Waals surface area contributed by atoms with Crippen LogP contribution in [0.5, 0.6) is 34.5 Å². The van der Waals surface area contributed by atoms with Crippen LogP contribution in [0, 0.1) is 30.3 Å². The third kappa shape index (κ3) is 21.2. The molecule has 26 heteroatoms. The lowest BCUT2D eigenvalue weighted by Gasteiger charge is -2.31. The molecular weight excluding hydrogens is 1360 g/mol. The van der Waals surface area contributed by atoms with Crippen molar-refractivity contribution in [2.75, 3.05) is 80.3 Å². The van der Waals surface area contributed by atoms with E-state index >= 15 is 0 Å². The SMILES string of the molecule is CC(C(=O)Cl)c1ccc([N+](=O)[O-])cc1.CC(C(=O)O)c1ccc([N+](=O)[O-])cc1.COc1cc2c(cc1OC)CN(C(=O)C(C)c1ccc(N)cc1)CC2.COc1cc2c(cc1OC)CN(C(=O)C(C)c1ccc([N+](=O)[O-])cc1)CC2.COc1cc2c(cc1OC)CN(CC(C)c1ccc(N)cc1)CC2. The maximum atomic E-state index is 12.9. The average Bonchev–Trinajstić information content (AvgIpc) is 0.814. The number of nitrogens with zero attached hydrogens (tertiary/aromatic N) is 6. The number of hydrogen-bond donors (Lipinski definition) is 3. The summed E-state index contributed by atoms with van der Waals surface area (Å²) in [5.41, 5.74) is 24.6. The average molecular weight is 1450 g/mol. The zero-order valence-electron chi connectivity index (χ0n) is 60.2. The number of ether oxygens (including phenoxy) is 6. The van der Waals surface area contributed by atoms with E-state index in [4.69, 9.17) is 56.6 Å². The van der Waals surface area contributed by atoms with Crippen LogP contribution in [0.15, 0.2) is 158 Å². The Hall–Kier alpha value is -11.3. The Morgan fingerprint density at radius 2 is 0.683 bits per heavy atom. The van der Waals surface area contributed by atoms with Gasteiger partial charge < -0.3 is 54.8 Å². The quantitative estimate of drug-likeness (QED) is 0.0276. The van der Waals surface area contributed by atoms with Crippen LogP contribution in [0.4, 0.5) is 28.4 Å². The second-order valence-electron chi connectivity index (χ2n) is 25.2. The Bertz CT molecular complexity index is 4220. The van der Waals surface area contributed by atoms with Crippen molar-refractivity contribution in [2.24, 2.45) is 0 Å². The van der Waals surface area contributed by atoms with Gasteiger partial charge >= 0.3 is 5.97 Å². The second kappa shape index (κ2) is 37.6. The zero-order chi connectivity index (χ0) is 76.1. The first-order valence-electron chi connectivity index (χ1n) is 33.5. The van der Waals surface area contributed by atoms with Crippen LogP contribution in [0.1, 0.15) is 125 Å². The molecule has 8 aromatic carbocycles. The molecule has 0 aliphatic carbocycles. The number of rotatable bonds is 20. The molecule has 0 spiro atoms. The number of nitro benzene ring substituents is 3. The van der Waals surface area contributed by atoms with Crippen molar-refractivity contribution in [3.8, 4) is 34.5 Å². The summed E-state index contributed by atoms with van der Waals surface area (Å²) in [6.45, 7) is 14.7. The highest BCUT2D eigenvalue weighted by Crippen LogP contribution is 2.38. The van der Waals surface area contributed by atoms with Gasteiger partial charge in [-0.05, 0) is 179 Å². The van der Waals surface area contributed by atoms with Gasteiger partial charge in [0.15, 0.2) is 34.5 Å². The van der Waals surface area contributed by atoms with E-state index in [9.17, 15) is 49.5 Å². The van der Waals surface area contributed by atoms with Crippen LogP contribution < -0.4 is 39.9 Å². The van der Waals surface area contributed by atoms with E-state index in [-0.39, 0.29) is 40.7 Å². The number of nitrogen functional groups attached to an aromatic ring is 2. The topological polar surface area (TPSA) is 335 Å². The molecule has 0 saturated heterocycles. The van der Waals surface area contributed by atoms with E-state index in [2.05, 4.69) is 36.1 Å². The molecule has 0 aromatic heterocycles. The number of carboxylic acid groups (broad SMARTS) is 1. The number of amides is 2. The van der Waals surface area contributed by atoms with E-state index in [1.807, 2.05) is 84.3 Å². The number of carbonyl (C=O) groups is 4. The summed E-state index contributed by atoms with van der Waals surface area (Å²) < 4.78 is 32.3. The van der Waals surface area contributed by atoms with Crippen LogP contribution >= 0.6 is 11.6 Å². The first kappa shape index (κ1) is 80.0. The minimum atomic E-state index is -0.946. The van der Waals surface area contributed by atoms with Crippen LogP contribution in [0.2, 0.25) is 0 Å². The number of nitro groups is 3. The molecule has 0 fully saturated rings. The number of carbonyl (C=O) groups excluding carboxylic acids is 3. The normalized spacial score (nSPS) is 14.1. The van der Waals surface area contributed by atoms with E-state index in [1.54, 1.807) is 61.7 Å². The summed E-state index contributed by atoms with van der Waals surface area (Å²) in [6, 6.07) is 45.3. The van der Waals surface area contributed by atoms with E-state index in [1.165, 1.54) is 89.8 Å². The Morgan fingerprint density at radius 1 is 0.413 bits per heavy atom. The minimum absolute atomic E-state index is 0.00275. The molecule has 2 amide bonds. The molecule has 0 bridgehead atoms. The first-order valence-corrected chi connectivity index (χ1v) is 33.9. The fourth-order valence-corrected chi connectivity index (χ4v) is 12.2. The van der Waals surface area contributed by atoms with Crippen molar-refractivity contribution in [2.45, 2.75) is 103 Å². The predicted molar refractivity (Wildman–Crippen MR) is 397 cm³/mol. The molecule has 3 aliphatic rings. The third-order valence-corrected chi connectivity index (χ3v) is 18.9. The van der Waals surface area contributed by atoms with Crippen molar-refractivity contribution in [1.82, 2.24) is 14.7 Å². The van der Waals surface area contributed by atoms with Crippen molar-refractivity contribution < 1.29 is 67.5 Å². The van der Waals surface area contributed by atoms with Crippen LogP contribution in [0.3, 0.4) is 0 Å². The lowest BCUT2D eigenvalue weighted by molar-refractivity contribution is -0.385. The summed E-state index contributed by atoms with van der Waals surface area (Å²) in [5, 5.41) is 39.6. The largest absolute Gasteiger partial charge is 0.493 e. The molecule has 5 N–H and O–H groups in total. The fourth-order valence-electron chi connectivity index (χ4n) is 12.1. The van der Waals surface area contributed by atoms with Gasteiger partial charge in [-0.15, -0.1) is 0 Å². The summed E-state index contributed by atoms with van der Waals surface area (Å²) in [4.78, 5) is 83.4. The Labute approximate surface area is 609 Å². The molecule has 8 aromatic rings. The third-order valence-electron chi connectivity index (χ3n) is 18.6. The summed E-state index contributed by atoms with van der Waals surface area (Å²) in [6.07, 6.45) is 2.61. The number of non-ortho nitro benzene ring substituents is 3. The molecular formula is C78H89ClN8O17. The van der Waals surface area contributed by atoms with Gasteiger partial charge in [0.2, 0.25) is 17.1 Å². The first-order chi connectivity index (χ1) is 49.6. The number of halogens is 1. The van der Waals surface area contributed by atoms with Gasteiger partial charge in [-0.1, -0.05) is 74.5 Å². The monoisotopic (exact) mass is 1440 g/mol. The second-order valence-corrected chi connectivity index (χ2v) is 25.6. The Balaban J connectivity index is 0.000000186. The Morgan fingerprint density at radius 3 is 0.981 bits per heavy atom. The van der Waals surface area contributed by atoms with Crippen molar-refractivity contribution in [1.29, 1.82) is 0 Å². The highest BCUT2D eigenvalue weighted by atomic mass is 35.5. The Kier molecular flexibility index (Phi) is 28.9. The van der Waals surface area contributed by atoms with Crippen molar-refractivity contribution in [3.05, 3.63) is 249 Å². The van der Waals surface area contributed by atoms with Crippen LogP contribution in [-0.2, 0) is 58.1 Å². The molecule has 3 heterocycles. The number of fused-ring (bicyclic) bond motifs is 3. The summed E-state index contributed by atoms with van der Waals surface area (Å²) in [7, 11) is 9.83. The van der Waals surface area contributed by atoms with Gasteiger partial charge in [0.1, 0.15) is 0 Å². The van der Waals surface area contributed by atoms with Gasteiger partial charge in [0, 0.05) is 93.6 Å². The van der Waals surface area contributed by atoms with Gasteiger partial charge in [-0.3, -0.25) is 54.4 Å². The zero-order valence-corrected chi connectivity index (χ0v) is 60.9. The lowest BCUT2D eigenvalue weighted by Crippen LogP contribution is -2.38. The number of hydrogen-bond acceptors (Lipinski definition) is 19. The van der Waals surface area contributed by atoms with Gasteiger partial charge in [-0.2, -0.15) is 0 Å². The van der Waals surface area contributed by atoms with Crippen LogP contribution in [0.25, 0.3) is 0 Å². The standard InChI is InChI=1S/C20H22N2O5.C20H24N2O3.C20H26N2O2.C9H8ClNO3.C9H9NO4/c1-13(14-4-6-17(7-5-14)22(24)25)20(23)21-9-8-15-10-18(26-2)19(27-3)11-16(15)12-21;1-13(14-4-6-17(21)7-5-14)20(23)22-9-8-15-10-18(24-2)19(25-3)11-16(15)12-22;1-14(15-4-6-18(21)7-5-15)12-22-9-8-16-10-19(23-2)20(24-3)11-17(16)13-22;1-6(9(10)12)7-2-4-8(5-3-7)11(13)14;1-6(9(11)12)7-2-4-8(5-3-7)10(13)14/h4-7,10-11,13H,8-9,12H2,1-3H3;4-7,10-11,13H,8-9,12,21H2,1-3H3;4-7,10-11,14H,8-9,12-13,21H2,1-3H3;2-6H,1H3;2-6H,1H3,(H,11,12). The summed E-state index contributed by atoms with van der Waals surface area (Å²) in [5.74, 6) is 2.43. The number of nitrogens with two attached hydrogens (primary N) is 2. The maximum absolute atomic E-state index is 12.9. The minimum Gasteiger partial charge on any atom is -0.493 e. The number of anilines is 2. The predicted octanol–water partition coefficient (Wildman–Crippen LogP) is 14.0. The molecule has 0 saturated carbocycles. The van der Waals surface area contributed by atoms with Crippen LogP contribution in [-0.4, -0.2) is 126 Å². The smallest absolute Gasteiger partial charge is 0.310 e. The highest BCUT2D eigenvalue weighted by molar-refractivity contribution is 6.64. The number of carboxylic acids is 1. The summed E-state index contributed by atoms with van der Waals surface area (Å²) >= 11 is 5.29. The fraction of sp³-hybridized carbons (Fsp3) is 0.333. The number of aliphatic carboxylic acids is 1. The molecule has 25 nitrogen and oxygen atoms in total.